The zero-order valence-electron chi connectivity index (χ0n) is 16.2. The van der Waals surface area contributed by atoms with Crippen LogP contribution in [0.4, 0.5) is 0 Å². The topological polar surface area (TPSA) is 56.2 Å². The van der Waals surface area contributed by atoms with Gasteiger partial charge in [0.25, 0.3) is 0 Å². The molecule has 6 heteroatoms. The maximum Gasteiger partial charge on any atom is 0.236 e. The third-order valence-corrected chi connectivity index (χ3v) is 4.80. The first kappa shape index (κ1) is 20.8. The molecule has 1 aromatic rings. The van der Waals surface area contributed by atoms with Gasteiger partial charge in [-0.15, -0.1) is 0 Å². The molecule has 0 atom stereocenters. The van der Waals surface area contributed by atoms with E-state index >= 15 is 0 Å². The lowest BCUT2D eigenvalue weighted by Crippen LogP contribution is -2.51. The number of ether oxygens (including phenoxy) is 1. The molecule has 0 aliphatic carbocycles. The first-order valence-corrected chi connectivity index (χ1v) is 9.73. The van der Waals surface area contributed by atoms with Crippen molar-refractivity contribution in [3.05, 3.63) is 35.4 Å². The Morgan fingerprint density at radius 2 is 1.50 bits per heavy atom. The molecule has 0 unspecified atom stereocenters. The number of aliphatic hydroxyl groups excluding tert-OH is 1. The lowest BCUT2D eigenvalue weighted by molar-refractivity contribution is -0.135. The molecule has 1 N–H and O–H groups in total. The number of hydrogen-bond donors (Lipinski definition) is 1. The molecule has 0 aromatic heterocycles. The normalized spacial score (nSPS) is 19.0. The molecule has 26 heavy (non-hydrogen) atoms. The summed E-state index contributed by atoms with van der Waals surface area (Å²) in [6, 6.07) is 8.08. The Morgan fingerprint density at radius 3 is 2.08 bits per heavy atom. The van der Waals surface area contributed by atoms with Gasteiger partial charge in [0.1, 0.15) is 0 Å². The molecule has 2 aliphatic rings. The maximum atomic E-state index is 12.4. The summed E-state index contributed by atoms with van der Waals surface area (Å²) >= 11 is 0. The van der Waals surface area contributed by atoms with Crippen LogP contribution in [0, 0.1) is 0 Å². The fraction of sp³-hybridized carbons (Fsp3) is 0.650. The summed E-state index contributed by atoms with van der Waals surface area (Å²) in [5.41, 5.74) is 2.19. The van der Waals surface area contributed by atoms with Crippen molar-refractivity contribution in [2.45, 2.75) is 27.0 Å². The van der Waals surface area contributed by atoms with Crippen molar-refractivity contribution in [3.63, 3.8) is 0 Å². The first-order chi connectivity index (χ1) is 12.7. The summed E-state index contributed by atoms with van der Waals surface area (Å²) < 4.78 is 5.32. The van der Waals surface area contributed by atoms with Crippen molar-refractivity contribution in [1.82, 2.24) is 14.7 Å². The van der Waals surface area contributed by atoms with Crippen LogP contribution in [0.5, 0.6) is 0 Å². The second kappa shape index (κ2) is 11.3. The van der Waals surface area contributed by atoms with E-state index in [9.17, 15) is 4.79 Å². The number of rotatable bonds is 5. The van der Waals surface area contributed by atoms with Gasteiger partial charge in [-0.1, -0.05) is 38.1 Å². The molecule has 0 radical (unpaired) electrons. The van der Waals surface area contributed by atoms with Gasteiger partial charge in [-0.05, 0) is 11.1 Å². The number of nitrogens with zero attached hydrogens (tertiary/aromatic N) is 3. The Morgan fingerprint density at radius 1 is 0.923 bits per heavy atom. The number of hydrogen-bond acceptors (Lipinski definition) is 5. The van der Waals surface area contributed by atoms with E-state index in [-0.39, 0.29) is 12.5 Å². The molecule has 2 fully saturated rings. The van der Waals surface area contributed by atoms with Crippen LogP contribution in [0.3, 0.4) is 0 Å². The van der Waals surface area contributed by atoms with Crippen molar-refractivity contribution in [1.29, 1.82) is 0 Å². The van der Waals surface area contributed by atoms with Crippen molar-refractivity contribution in [3.8, 4) is 0 Å². The lowest BCUT2D eigenvalue weighted by Gasteiger charge is -2.36. The van der Waals surface area contributed by atoms with Crippen LogP contribution in [-0.4, -0.2) is 84.7 Å². The molecule has 3 rings (SSSR count). The Hall–Kier alpha value is -1.47. The number of aliphatic hydroxyl groups is 1. The Balaban J connectivity index is 0.00000117. The SMILES string of the molecule is CC.O=C(CN1CCOCC1)N1CCN(Cc2ccc(CO)cc2)CC1. The minimum absolute atomic E-state index is 0.0875. The number of benzene rings is 1. The predicted octanol–water partition coefficient (Wildman–Crippen LogP) is 1.18. The van der Waals surface area contributed by atoms with Gasteiger partial charge in [-0.2, -0.15) is 0 Å². The molecule has 146 valence electrons. The molecule has 0 spiro atoms. The molecule has 1 aromatic carbocycles. The molecular weight excluding hydrogens is 330 g/mol. The number of piperazine rings is 1. The van der Waals surface area contributed by atoms with E-state index in [1.54, 1.807) is 0 Å². The second-order valence-electron chi connectivity index (χ2n) is 6.52. The fourth-order valence-corrected chi connectivity index (χ4v) is 3.21. The van der Waals surface area contributed by atoms with E-state index in [4.69, 9.17) is 9.84 Å². The smallest absolute Gasteiger partial charge is 0.236 e. The van der Waals surface area contributed by atoms with Gasteiger partial charge in [0.15, 0.2) is 0 Å². The Labute approximate surface area is 157 Å². The molecule has 2 aliphatic heterocycles. The molecular formula is C20H33N3O3. The van der Waals surface area contributed by atoms with Crippen molar-refractivity contribution in [2.75, 3.05) is 59.0 Å². The summed E-state index contributed by atoms with van der Waals surface area (Å²) in [7, 11) is 0. The van der Waals surface area contributed by atoms with Gasteiger partial charge in [-0.3, -0.25) is 14.6 Å². The van der Waals surface area contributed by atoms with Crippen LogP contribution >= 0.6 is 0 Å². The highest BCUT2D eigenvalue weighted by Crippen LogP contribution is 2.11. The Kier molecular flexibility index (Phi) is 9.05. The van der Waals surface area contributed by atoms with E-state index in [1.807, 2.05) is 30.9 Å². The van der Waals surface area contributed by atoms with E-state index in [0.717, 1.165) is 64.6 Å². The van der Waals surface area contributed by atoms with E-state index in [1.165, 1.54) is 5.56 Å². The highest BCUT2D eigenvalue weighted by Gasteiger charge is 2.23. The average molecular weight is 364 g/mol. The maximum absolute atomic E-state index is 12.4. The van der Waals surface area contributed by atoms with Crippen molar-refractivity contribution >= 4 is 5.91 Å². The summed E-state index contributed by atoms with van der Waals surface area (Å²) in [6.45, 7) is 12.1. The average Bonchev–Trinajstić information content (AvgIpc) is 2.71. The highest BCUT2D eigenvalue weighted by atomic mass is 16.5. The second-order valence-corrected chi connectivity index (χ2v) is 6.52. The summed E-state index contributed by atoms with van der Waals surface area (Å²) in [5, 5.41) is 9.09. The third kappa shape index (κ3) is 6.36. The van der Waals surface area contributed by atoms with Crippen molar-refractivity contribution in [2.24, 2.45) is 0 Å². The zero-order valence-corrected chi connectivity index (χ0v) is 16.2. The molecule has 2 saturated heterocycles. The van der Waals surface area contributed by atoms with E-state index in [2.05, 4.69) is 21.9 Å². The van der Waals surface area contributed by atoms with Gasteiger partial charge in [0.2, 0.25) is 5.91 Å². The van der Waals surface area contributed by atoms with Crippen LogP contribution in [-0.2, 0) is 22.7 Å². The van der Waals surface area contributed by atoms with Crippen LogP contribution in [0.2, 0.25) is 0 Å². The van der Waals surface area contributed by atoms with Crippen molar-refractivity contribution < 1.29 is 14.6 Å². The van der Waals surface area contributed by atoms with Crippen LogP contribution in [0.25, 0.3) is 0 Å². The quantitative estimate of drug-likeness (QED) is 0.851. The summed E-state index contributed by atoms with van der Waals surface area (Å²) in [5.74, 6) is 0.240. The minimum atomic E-state index is 0.0875. The lowest BCUT2D eigenvalue weighted by atomic mass is 10.1. The van der Waals surface area contributed by atoms with Crippen LogP contribution in [0.15, 0.2) is 24.3 Å². The molecule has 1 amide bonds. The van der Waals surface area contributed by atoms with E-state index in [0.29, 0.717) is 6.54 Å². The monoisotopic (exact) mass is 363 g/mol. The van der Waals surface area contributed by atoms with Crippen LogP contribution in [0.1, 0.15) is 25.0 Å². The summed E-state index contributed by atoms with van der Waals surface area (Å²) in [6.07, 6.45) is 0. The highest BCUT2D eigenvalue weighted by molar-refractivity contribution is 5.78. The van der Waals surface area contributed by atoms with Gasteiger partial charge in [0, 0.05) is 45.8 Å². The molecule has 6 nitrogen and oxygen atoms in total. The predicted molar refractivity (Wildman–Crippen MR) is 103 cm³/mol. The molecule has 2 heterocycles. The molecule has 0 saturated carbocycles. The van der Waals surface area contributed by atoms with Gasteiger partial charge >= 0.3 is 0 Å². The number of carbonyl (C=O) groups excluding carboxylic acids is 1. The largest absolute Gasteiger partial charge is 0.392 e. The standard InChI is InChI=1S/C18H27N3O3.C2H6/c22-15-17-3-1-16(2-4-17)13-19-5-7-21(8-6-19)18(23)14-20-9-11-24-12-10-20;1-2/h1-4,22H,5-15H2;1-2H3. The molecule has 0 bridgehead atoms. The van der Waals surface area contributed by atoms with Gasteiger partial charge < -0.3 is 14.7 Å². The number of morpholine rings is 1. The first-order valence-electron chi connectivity index (χ1n) is 9.73. The minimum Gasteiger partial charge on any atom is -0.392 e. The number of amides is 1. The van der Waals surface area contributed by atoms with E-state index < -0.39 is 0 Å². The van der Waals surface area contributed by atoms with Gasteiger partial charge in [0.05, 0.1) is 26.4 Å². The third-order valence-electron chi connectivity index (χ3n) is 4.80. The van der Waals surface area contributed by atoms with Gasteiger partial charge in [-0.25, -0.2) is 0 Å². The summed E-state index contributed by atoms with van der Waals surface area (Å²) in [4.78, 5) is 19.0. The zero-order chi connectivity index (χ0) is 18.8. The fourth-order valence-electron chi connectivity index (χ4n) is 3.21. The Bertz CT molecular complexity index is 522. The number of carbonyl (C=O) groups is 1. The van der Waals surface area contributed by atoms with Crippen LogP contribution < -0.4 is 0 Å².